The maximum atomic E-state index is 5.21. The lowest BCUT2D eigenvalue weighted by molar-refractivity contribution is 1.37. The minimum Gasteiger partial charge on any atom is -0.254 e. The molecule has 2 nitrogen and oxygen atoms in total. The van der Waals surface area contributed by atoms with Gasteiger partial charge in [0.1, 0.15) is 0 Å². The van der Waals surface area contributed by atoms with Gasteiger partial charge in [-0.25, -0.2) is 4.98 Å². The minimum absolute atomic E-state index is 0.943. The van der Waals surface area contributed by atoms with Crippen LogP contribution in [0.5, 0.6) is 0 Å². The fourth-order valence-corrected chi connectivity index (χ4v) is 5.77. The summed E-state index contributed by atoms with van der Waals surface area (Å²) >= 11 is 0. The highest BCUT2D eigenvalue weighted by atomic mass is 14.8. The predicted molar refractivity (Wildman–Crippen MR) is 153 cm³/mol. The molecule has 0 unspecified atom stereocenters. The minimum atomic E-state index is 0.943. The highest BCUT2D eigenvalue weighted by Crippen LogP contribution is 2.41. The fourth-order valence-electron chi connectivity index (χ4n) is 5.77. The van der Waals surface area contributed by atoms with Crippen molar-refractivity contribution in [3.8, 4) is 11.3 Å². The highest BCUT2D eigenvalue weighted by Gasteiger charge is 2.15. The lowest BCUT2D eigenvalue weighted by atomic mass is 9.89. The molecule has 0 fully saturated rings. The summed E-state index contributed by atoms with van der Waals surface area (Å²) in [4.78, 5) is 9.88. The molecule has 0 saturated heterocycles. The quantitative estimate of drug-likeness (QED) is 0.230. The van der Waals surface area contributed by atoms with E-state index in [4.69, 9.17) is 4.98 Å². The third kappa shape index (κ3) is 2.73. The van der Waals surface area contributed by atoms with Gasteiger partial charge in [-0.1, -0.05) is 97.1 Å². The third-order valence-electron chi connectivity index (χ3n) is 7.44. The Hall–Kier alpha value is -4.82. The largest absolute Gasteiger partial charge is 0.254 e. The zero-order valence-electron chi connectivity index (χ0n) is 19.4. The Morgan fingerprint density at radius 2 is 1.03 bits per heavy atom. The molecule has 2 heteroatoms. The van der Waals surface area contributed by atoms with Crippen molar-refractivity contribution in [2.45, 2.75) is 0 Å². The molecule has 0 spiro atoms. The zero-order valence-corrected chi connectivity index (χ0v) is 19.4. The Morgan fingerprint density at radius 3 is 1.86 bits per heavy atom. The number of hydrogen-bond acceptors (Lipinski definition) is 2. The van der Waals surface area contributed by atoms with E-state index in [-0.39, 0.29) is 0 Å². The van der Waals surface area contributed by atoms with Crippen molar-refractivity contribution >= 4 is 64.9 Å². The summed E-state index contributed by atoms with van der Waals surface area (Å²) in [7, 11) is 0. The van der Waals surface area contributed by atoms with E-state index in [0.29, 0.717) is 0 Å². The van der Waals surface area contributed by atoms with Gasteiger partial charge < -0.3 is 0 Å². The van der Waals surface area contributed by atoms with Crippen LogP contribution in [0.25, 0.3) is 76.2 Å². The third-order valence-corrected chi connectivity index (χ3v) is 7.44. The first-order chi connectivity index (χ1) is 17.8. The maximum Gasteiger partial charge on any atom is 0.0972 e. The predicted octanol–water partition coefficient (Wildman–Crippen LogP) is 9.06. The lowest BCUT2D eigenvalue weighted by Gasteiger charge is -2.15. The molecule has 166 valence electrons. The zero-order chi connectivity index (χ0) is 23.6. The number of hydrogen-bond donors (Lipinski definition) is 0. The first kappa shape index (κ1) is 19.5. The molecule has 0 radical (unpaired) electrons. The van der Waals surface area contributed by atoms with E-state index in [2.05, 4.69) is 114 Å². The lowest BCUT2D eigenvalue weighted by Crippen LogP contribution is -1.91. The van der Waals surface area contributed by atoms with Gasteiger partial charge in [-0.15, -0.1) is 0 Å². The van der Waals surface area contributed by atoms with Gasteiger partial charge in [0.25, 0.3) is 0 Å². The van der Waals surface area contributed by atoms with Gasteiger partial charge in [-0.05, 0) is 61.3 Å². The summed E-state index contributed by atoms with van der Waals surface area (Å²) in [6.07, 6.45) is 1.85. The van der Waals surface area contributed by atoms with Crippen LogP contribution in [0.2, 0.25) is 0 Å². The molecule has 36 heavy (non-hydrogen) atoms. The molecular weight excluding hydrogens is 436 g/mol. The summed E-state index contributed by atoms with van der Waals surface area (Å²) in [5, 5.41) is 12.3. The van der Waals surface area contributed by atoms with Crippen molar-refractivity contribution < 1.29 is 0 Å². The average Bonchev–Trinajstić information content (AvgIpc) is 2.96. The molecule has 0 bridgehead atoms. The Labute approximate surface area is 207 Å². The topological polar surface area (TPSA) is 25.8 Å². The summed E-state index contributed by atoms with van der Waals surface area (Å²) in [5.74, 6) is 0. The van der Waals surface area contributed by atoms with Crippen molar-refractivity contribution in [1.82, 2.24) is 9.97 Å². The molecule has 0 N–H and O–H groups in total. The molecule has 0 amide bonds. The SMILES string of the molecule is c1ccc2c(c1)ccc1cc(-c3ccc4ccc5cccnc5c4n3)c3ccc4ccccc4c3c12. The second kappa shape index (κ2) is 7.34. The summed E-state index contributed by atoms with van der Waals surface area (Å²) in [6, 6.07) is 41.3. The molecule has 0 aliphatic heterocycles. The van der Waals surface area contributed by atoms with Gasteiger partial charge >= 0.3 is 0 Å². The van der Waals surface area contributed by atoms with Crippen LogP contribution in [0.4, 0.5) is 0 Å². The van der Waals surface area contributed by atoms with Gasteiger partial charge in [0.15, 0.2) is 0 Å². The molecule has 0 aliphatic carbocycles. The standard InChI is InChI=1S/C34H20N2/c1-3-9-26-21(6-1)11-14-25-20-29(28-17-15-22-7-2-4-10-27(22)32(28)31(25)26)30-18-16-24-13-12-23-8-5-19-35-33(23)34(24)36-30/h1-20H. The van der Waals surface area contributed by atoms with E-state index in [0.717, 1.165) is 33.1 Å². The number of aromatic nitrogens is 2. The molecule has 0 atom stereocenters. The molecule has 8 aromatic rings. The molecule has 0 aliphatic rings. The average molecular weight is 457 g/mol. The van der Waals surface area contributed by atoms with Crippen LogP contribution in [-0.2, 0) is 0 Å². The van der Waals surface area contributed by atoms with Crippen molar-refractivity contribution in [3.05, 3.63) is 121 Å². The van der Waals surface area contributed by atoms with Crippen LogP contribution in [-0.4, -0.2) is 9.97 Å². The van der Waals surface area contributed by atoms with Crippen LogP contribution in [0.15, 0.2) is 121 Å². The van der Waals surface area contributed by atoms with Crippen molar-refractivity contribution in [2.24, 2.45) is 0 Å². The Bertz CT molecular complexity index is 2160. The van der Waals surface area contributed by atoms with E-state index < -0.39 is 0 Å². The fraction of sp³-hybridized carbons (Fsp3) is 0. The first-order valence-electron chi connectivity index (χ1n) is 12.3. The molecule has 2 heterocycles. The Kier molecular flexibility index (Phi) is 3.97. The number of nitrogens with zero attached hydrogens (tertiary/aromatic N) is 2. The van der Waals surface area contributed by atoms with Crippen LogP contribution < -0.4 is 0 Å². The number of fused-ring (bicyclic) bond motifs is 10. The van der Waals surface area contributed by atoms with Crippen LogP contribution in [0.1, 0.15) is 0 Å². The smallest absolute Gasteiger partial charge is 0.0972 e. The van der Waals surface area contributed by atoms with Gasteiger partial charge in [0.05, 0.1) is 16.7 Å². The molecule has 8 rings (SSSR count). The highest BCUT2D eigenvalue weighted by molar-refractivity contribution is 6.30. The number of rotatable bonds is 1. The monoisotopic (exact) mass is 456 g/mol. The molecular formula is C34H20N2. The Morgan fingerprint density at radius 1 is 0.417 bits per heavy atom. The molecule has 0 saturated carbocycles. The van der Waals surface area contributed by atoms with Crippen molar-refractivity contribution in [1.29, 1.82) is 0 Å². The van der Waals surface area contributed by atoms with E-state index in [1.54, 1.807) is 0 Å². The van der Waals surface area contributed by atoms with Gasteiger partial charge in [-0.3, -0.25) is 4.98 Å². The summed E-state index contributed by atoms with van der Waals surface area (Å²) in [6.45, 7) is 0. The van der Waals surface area contributed by atoms with E-state index >= 15 is 0 Å². The van der Waals surface area contributed by atoms with E-state index in [9.17, 15) is 0 Å². The molecule has 2 aromatic heterocycles. The van der Waals surface area contributed by atoms with Gasteiger partial charge in [0.2, 0.25) is 0 Å². The second-order valence-electron chi connectivity index (χ2n) is 9.43. The first-order valence-corrected chi connectivity index (χ1v) is 12.3. The summed E-state index contributed by atoms with van der Waals surface area (Å²) in [5.41, 5.74) is 4.00. The maximum absolute atomic E-state index is 5.21. The second-order valence-corrected chi connectivity index (χ2v) is 9.43. The van der Waals surface area contributed by atoms with Crippen LogP contribution >= 0.6 is 0 Å². The van der Waals surface area contributed by atoms with Crippen LogP contribution in [0.3, 0.4) is 0 Å². The number of benzene rings is 6. The summed E-state index contributed by atoms with van der Waals surface area (Å²) < 4.78 is 0. The van der Waals surface area contributed by atoms with Gasteiger partial charge in [0, 0.05) is 22.5 Å². The Balaban J connectivity index is 1.56. The van der Waals surface area contributed by atoms with Crippen molar-refractivity contribution in [3.63, 3.8) is 0 Å². The normalized spacial score (nSPS) is 11.9. The number of pyridine rings is 2. The van der Waals surface area contributed by atoms with Crippen LogP contribution in [0, 0.1) is 0 Å². The van der Waals surface area contributed by atoms with E-state index in [1.807, 2.05) is 12.3 Å². The molecule has 6 aromatic carbocycles. The van der Waals surface area contributed by atoms with E-state index in [1.165, 1.54) is 43.1 Å². The van der Waals surface area contributed by atoms with Gasteiger partial charge in [-0.2, -0.15) is 0 Å². The van der Waals surface area contributed by atoms with Crippen molar-refractivity contribution in [2.75, 3.05) is 0 Å².